The summed E-state index contributed by atoms with van der Waals surface area (Å²) in [6.45, 7) is 6.08. The number of nitrogens with one attached hydrogen (secondary N) is 1. The molecule has 4 rings (SSSR count). The van der Waals surface area contributed by atoms with Crippen molar-refractivity contribution in [1.29, 1.82) is 0 Å². The number of carboxylic acid groups (broad SMARTS) is 1. The molecule has 4 aliphatic rings. The van der Waals surface area contributed by atoms with Gasteiger partial charge in [0.25, 0.3) is 0 Å². The molecule has 3 heteroatoms. The molecule has 0 saturated heterocycles. The molecule has 1 atom stereocenters. The van der Waals surface area contributed by atoms with Gasteiger partial charge in [-0.3, -0.25) is 10.1 Å². The molecule has 0 amide bonds. The molecule has 19 heavy (non-hydrogen) atoms. The van der Waals surface area contributed by atoms with Crippen LogP contribution in [-0.4, -0.2) is 22.7 Å². The fraction of sp³-hybridized carbons (Fsp3) is 0.938. The smallest absolute Gasteiger partial charge is 0.321 e. The van der Waals surface area contributed by atoms with Gasteiger partial charge >= 0.3 is 5.97 Å². The SMILES string of the molecule is CC(C)(C)C(NC12CC3CC(CC(C3)C1)C2)C(=O)O. The molecule has 4 aliphatic carbocycles. The van der Waals surface area contributed by atoms with Gasteiger partial charge in [0.2, 0.25) is 0 Å². The van der Waals surface area contributed by atoms with E-state index in [1.165, 1.54) is 38.5 Å². The van der Waals surface area contributed by atoms with E-state index >= 15 is 0 Å². The summed E-state index contributed by atoms with van der Waals surface area (Å²) in [5.74, 6) is 1.87. The van der Waals surface area contributed by atoms with Crippen molar-refractivity contribution in [3.8, 4) is 0 Å². The van der Waals surface area contributed by atoms with Crippen molar-refractivity contribution in [3.05, 3.63) is 0 Å². The first-order valence-corrected chi connectivity index (χ1v) is 7.78. The lowest BCUT2D eigenvalue weighted by Crippen LogP contribution is -2.64. The molecule has 1 unspecified atom stereocenters. The summed E-state index contributed by atoms with van der Waals surface area (Å²) in [6.07, 6.45) is 7.81. The Morgan fingerprint density at radius 1 is 1.11 bits per heavy atom. The highest BCUT2D eigenvalue weighted by Gasteiger charge is 2.52. The van der Waals surface area contributed by atoms with Crippen molar-refractivity contribution in [1.82, 2.24) is 5.32 Å². The number of carbonyl (C=O) groups is 1. The largest absolute Gasteiger partial charge is 0.480 e. The van der Waals surface area contributed by atoms with Gasteiger partial charge in [0.1, 0.15) is 6.04 Å². The summed E-state index contributed by atoms with van der Waals surface area (Å²) in [7, 11) is 0. The lowest BCUT2D eigenvalue weighted by molar-refractivity contribution is -0.145. The second-order valence-electron chi connectivity index (χ2n) is 8.48. The summed E-state index contributed by atoms with van der Waals surface area (Å²) >= 11 is 0. The minimum absolute atomic E-state index is 0.130. The molecular weight excluding hydrogens is 238 g/mol. The summed E-state index contributed by atoms with van der Waals surface area (Å²) in [5, 5.41) is 13.1. The monoisotopic (exact) mass is 265 g/mol. The van der Waals surface area contributed by atoms with Crippen molar-refractivity contribution in [3.63, 3.8) is 0 Å². The molecule has 0 aromatic carbocycles. The normalized spacial score (nSPS) is 42.4. The molecule has 0 aliphatic heterocycles. The first-order chi connectivity index (χ1) is 8.77. The van der Waals surface area contributed by atoms with E-state index in [0.717, 1.165) is 17.8 Å². The second kappa shape index (κ2) is 4.21. The highest BCUT2D eigenvalue weighted by molar-refractivity contribution is 5.74. The van der Waals surface area contributed by atoms with Crippen molar-refractivity contribution < 1.29 is 9.90 Å². The van der Waals surface area contributed by atoms with Gasteiger partial charge in [0, 0.05) is 5.54 Å². The average Bonchev–Trinajstić information content (AvgIpc) is 2.22. The predicted molar refractivity (Wildman–Crippen MR) is 74.9 cm³/mol. The summed E-state index contributed by atoms with van der Waals surface area (Å²) in [4.78, 5) is 11.6. The Bertz CT molecular complexity index is 347. The number of rotatable bonds is 3. The first kappa shape index (κ1) is 13.4. The number of hydrogen-bond donors (Lipinski definition) is 2. The molecule has 0 aromatic heterocycles. The summed E-state index contributed by atoms with van der Waals surface area (Å²) in [5.41, 5.74) is -0.0970. The van der Waals surface area contributed by atoms with Gasteiger partial charge in [-0.2, -0.15) is 0 Å². The molecule has 0 aromatic rings. The van der Waals surface area contributed by atoms with Crippen LogP contribution in [0.1, 0.15) is 59.3 Å². The Labute approximate surface area is 116 Å². The molecule has 4 bridgehead atoms. The lowest BCUT2D eigenvalue weighted by Gasteiger charge is -2.58. The van der Waals surface area contributed by atoms with Gasteiger partial charge in [-0.1, -0.05) is 20.8 Å². The number of carboxylic acids is 1. The minimum atomic E-state index is -0.691. The van der Waals surface area contributed by atoms with Crippen LogP contribution in [0.15, 0.2) is 0 Å². The maximum absolute atomic E-state index is 11.6. The third-order valence-corrected chi connectivity index (χ3v) is 5.60. The highest BCUT2D eigenvalue weighted by atomic mass is 16.4. The molecule has 2 N–H and O–H groups in total. The van der Waals surface area contributed by atoms with Crippen LogP contribution in [0.4, 0.5) is 0 Å². The van der Waals surface area contributed by atoms with Crippen LogP contribution in [0.25, 0.3) is 0 Å². The topological polar surface area (TPSA) is 49.3 Å². The van der Waals surface area contributed by atoms with Crippen LogP contribution in [0.3, 0.4) is 0 Å². The zero-order chi connectivity index (χ0) is 13.8. The van der Waals surface area contributed by atoms with E-state index in [2.05, 4.69) is 5.32 Å². The van der Waals surface area contributed by atoms with Crippen LogP contribution in [0.5, 0.6) is 0 Å². The quantitative estimate of drug-likeness (QED) is 0.824. The van der Waals surface area contributed by atoms with E-state index in [1.807, 2.05) is 20.8 Å². The van der Waals surface area contributed by atoms with Gasteiger partial charge in [0.05, 0.1) is 0 Å². The van der Waals surface area contributed by atoms with E-state index < -0.39 is 12.0 Å². The third-order valence-electron chi connectivity index (χ3n) is 5.60. The van der Waals surface area contributed by atoms with E-state index in [9.17, 15) is 9.90 Å². The van der Waals surface area contributed by atoms with E-state index in [1.54, 1.807) is 0 Å². The lowest BCUT2D eigenvalue weighted by atomic mass is 9.52. The molecule has 0 heterocycles. The Kier molecular flexibility index (Phi) is 2.97. The molecule has 4 fully saturated rings. The van der Waals surface area contributed by atoms with Crippen LogP contribution in [0, 0.1) is 23.2 Å². The predicted octanol–water partition coefficient (Wildman–Crippen LogP) is 3.04. The van der Waals surface area contributed by atoms with Crippen molar-refractivity contribution in [2.75, 3.05) is 0 Å². The zero-order valence-corrected chi connectivity index (χ0v) is 12.4. The molecule has 4 saturated carbocycles. The minimum Gasteiger partial charge on any atom is -0.480 e. The van der Waals surface area contributed by atoms with Gasteiger partial charge in [-0.25, -0.2) is 0 Å². The van der Waals surface area contributed by atoms with Gasteiger partial charge in [-0.15, -0.1) is 0 Å². The van der Waals surface area contributed by atoms with Crippen molar-refractivity contribution in [2.24, 2.45) is 23.2 Å². The Balaban J connectivity index is 1.80. The third kappa shape index (κ3) is 2.42. The molecule has 3 nitrogen and oxygen atoms in total. The van der Waals surface area contributed by atoms with Gasteiger partial charge < -0.3 is 5.11 Å². The molecule has 108 valence electrons. The Morgan fingerprint density at radius 3 is 1.84 bits per heavy atom. The Hall–Kier alpha value is -0.570. The standard InChI is InChI=1S/C16H27NO2/c1-15(2,3)13(14(18)19)17-16-7-10-4-11(8-16)6-12(5-10)9-16/h10-13,17H,4-9H2,1-3H3,(H,18,19). The summed E-state index contributed by atoms with van der Waals surface area (Å²) in [6, 6.07) is -0.427. The molecular formula is C16H27NO2. The second-order valence-corrected chi connectivity index (χ2v) is 8.48. The number of hydrogen-bond acceptors (Lipinski definition) is 2. The molecule has 0 spiro atoms. The Morgan fingerprint density at radius 2 is 1.53 bits per heavy atom. The van der Waals surface area contributed by atoms with Crippen LogP contribution >= 0.6 is 0 Å². The summed E-state index contributed by atoms with van der Waals surface area (Å²) < 4.78 is 0. The number of aliphatic carboxylic acids is 1. The van der Waals surface area contributed by atoms with E-state index in [4.69, 9.17) is 0 Å². The first-order valence-electron chi connectivity index (χ1n) is 7.78. The van der Waals surface area contributed by atoms with Gasteiger partial charge in [0.15, 0.2) is 0 Å². The van der Waals surface area contributed by atoms with Crippen molar-refractivity contribution in [2.45, 2.75) is 70.9 Å². The average molecular weight is 265 g/mol. The van der Waals surface area contributed by atoms with Crippen molar-refractivity contribution >= 4 is 5.97 Å². The van der Waals surface area contributed by atoms with Crippen LogP contribution < -0.4 is 5.32 Å². The fourth-order valence-electron chi connectivity index (χ4n) is 5.24. The maximum Gasteiger partial charge on any atom is 0.321 e. The van der Waals surface area contributed by atoms with Gasteiger partial charge in [-0.05, 0) is 61.7 Å². The fourth-order valence-corrected chi connectivity index (χ4v) is 5.24. The zero-order valence-electron chi connectivity index (χ0n) is 12.4. The van der Waals surface area contributed by atoms with Crippen LogP contribution in [-0.2, 0) is 4.79 Å². The van der Waals surface area contributed by atoms with E-state index in [0.29, 0.717) is 0 Å². The van der Waals surface area contributed by atoms with Crippen LogP contribution in [0.2, 0.25) is 0 Å². The maximum atomic E-state index is 11.6. The molecule has 0 radical (unpaired) electrons. The highest BCUT2D eigenvalue weighted by Crippen LogP contribution is 2.56. The van der Waals surface area contributed by atoms with E-state index in [-0.39, 0.29) is 11.0 Å².